The van der Waals surface area contributed by atoms with E-state index in [1.807, 2.05) is 42.5 Å². The molecule has 0 saturated heterocycles. The lowest BCUT2D eigenvalue weighted by atomic mass is 10.2. The topological polar surface area (TPSA) is 64.1 Å². The zero-order valence-corrected chi connectivity index (χ0v) is 16.1. The number of nitrogens with one attached hydrogen (secondary N) is 2. The summed E-state index contributed by atoms with van der Waals surface area (Å²) in [7, 11) is 4.99. The van der Waals surface area contributed by atoms with E-state index in [0.29, 0.717) is 37.2 Å². The highest BCUT2D eigenvalue weighted by Gasteiger charge is 2.10. The highest BCUT2D eigenvalue weighted by atomic mass is 16.5. The molecule has 2 aromatic carbocycles. The fourth-order valence-corrected chi connectivity index (χ4v) is 2.61. The van der Waals surface area contributed by atoms with Crippen LogP contribution in [0.5, 0.6) is 17.2 Å². The second kappa shape index (κ2) is 10.8. The molecule has 2 rings (SSSR count). The maximum Gasteiger partial charge on any atom is 0.191 e. The van der Waals surface area contributed by atoms with Crippen LogP contribution in [0.25, 0.3) is 0 Å². The predicted octanol–water partition coefficient (Wildman–Crippen LogP) is 3.13. The minimum Gasteiger partial charge on any atom is -0.493 e. The van der Waals surface area contributed by atoms with Crippen LogP contribution >= 0.6 is 0 Å². The van der Waals surface area contributed by atoms with Crippen molar-refractivity contribution in [1.29, 1.82) is 0 Å². The first-order valence-corrected chi connectivity index (χ1v) is 8.69. The Morgan fingerprint density at radius 1 is 0.963 bits per heavy atom. The van der Waals surface area contributed by atoms with Gasteiger partial charge in [0.2, 0.25) is 0 Å². The molecule has 0 bridgehead atoms. The Morgan fingerprint density at radius 3 is 2.30 bits per heavy atom. The first kappa shape index (κ1) is 20.2. The standard InChI is InChI=1S/C21H27N3O3/c1-5-13-27-18-11-7-6-9-16(18)14-23-21(22-2)24-15-17-10-8-12-19(25-3)20(17)26-4/h5-12H,1,13-15H2,2-4H3,(H2,22,23,24). The number of para-hydroxylation sites is 2. The third-order valence-electron chi connectivity index (χ3n) is 3.93. The third kappa shape index (κ3) is 5.67. The van der Waals surface area contributed by atoms with Gasteiger partial charge in [-0.3, -0.25) is 4.99 Å². The summed E-state index contributed by atoms with van der Waals surface area (Å²) < 4.78 is 16.5. The number of hydrogen-bond donors (Lipinski definition) is 2. The second-order valence-electron chi connectivity index (χ2n) is 5.64. The summed E-state index contributed by atoms with van der Waals surface area (Å²) >= 11 is 0. The zero-order valence-electron chi connectivity index (χ0n) is 16.1. The van der Waals surface area contributed by atoms with Gasteiger partial charge in [0.15, 0.2) is 17.5 Å². The van der Waals surface area contributed by atoms with Gasteiger partial charge >= 0.3 is 0 Å². The van der Waals surface area contributed by atoms with E-state index in [0.717, 1.165) is 16.9 Å². The fraction of sp³-hybridized carbons (Fsp3) is 0.286. The van der Waals surface area contributed by atoms with Gasteiger partial charge in [0, 0.05) is 31.3 Å². The molecule has 2 aromatic rings. The zero-order chi connectivity index (χ0) is 19.5. The van der Waals surface area contributed by atoms with Gasteiger partial charge in [-0.05, 0) is 12.1 Å². The Bertz CT molecular complexity index is 775. The summed E-state index contributed by atoms with van der Waals surface area (Å²) in [6, 6.07) is 13.7. The lowest BCUT2D eigenvalue weighted by Crippen LogP contribution is -2.36. The molecule has 0 heterocycles. The van der Waals surface area contributed by atoms with Crippen molar-refractivity contribution in [2.24, 2.45) is 4.99 Å². The Kier molecular flexibility index (Phi) is 8.03. The quantitative estimate of drug-likeness (QED) is 0.404. The van der Waals surface area contributed by atoms with E-state index in [1.165, 1.54) is 0 Å². The minimum atomic E-state index is 0.472. The Morgan fingerprint density at radius 2 is 1.63 bits per heavy atom. The fourth-order valence-electron chi connectivity index (χ4n) is 2.61. The monoisotopic (exact) mass is 369 g/mol. The molecule has 0 atom stereocenters. The Hall–Kier alpha value is -3.15. The molecular weight excluding hydrogens is 342 g/mol. The van der Waals surface area contributed by atoms with Crippen LogP contribution in [-0.4, -0.2) is 33.8 Å². The van der Waals surface area contributed by atoms with Crippen molar-refractivity contribution < 1.29 is 14.2 Å². The highest BCUT2D eigenvalue weighted by molar-refractivity contribution is 5.79. The molecule has 0 aliphatic carbocycles. The summed E-state index contributed by atoms with van der Waals surface area (Å²) in [5, 5.41) is 6.59. The van der Waals surface area contributed by atoms with Crippen molar-refractivity contribution in [3.05, 3.63) is 66.2 Å². The van der Waals surface area contributed by atoms with Crippen LogP contribution in [0, 0.1) is 0 Å². The lowest BCUT2D eigenvalue weighted by molar-refractivity contribution is 0.351. The van der Waals surface area contributed by atoms with E-state index in [1.54, 1.807) is 27.3 Å². The van der Waals surface area contributed by atoms with Gasteiger partial charge < -0.3 is 24.8 Å². The summed E-state index contributed by atoms with van der Waals surface area (Å²) in [5.74, 6) is 2.92. The third-order valence-corrected chi connectivity index (χ3v) is 3.93. The van der Waals surface area contributed by atoms with Gasteiger partial charge in [0.1, 0.15) is 12.4 Å². The summed E-state index contributed by atoms with van der Waals surface area (Å²) in [6.07, 6.45) is 1.73. The molecule has 144 valence electrons. The number of hydrogen-bond acceptors (Lipinski definition) is 4. The van der Waals surface area contributed by atoms with Gasteiger partial charge in [-0.2, -0.15) is 0 Å². The molecule has 0 aliphatic heterocycles. The maximum absolute atomic E-state index is 5.69. The summed E-state index contributed by atoms with van der Waals surface area (Å²) in [6.45, 7) is 5.29. The van der Waals surface area contributed by atoms with Crippen LogP contribution in [0.1, 0.15) is 11.1 Å². The number of ether oxygens (including phenoxy) is 3. The first-order valence-electron chi connectivity index (χ1n) is 8.69. The number of aliphatic imine (C=N–C) groups is 1. The smallest absolute Gasteiger partial charge is 0.191 e. The number of nitrogens with zero attached hydrogens (tertiary/aromatic N) is 1. The highest BCUT2D eigenvalue weighted by Crippen LogP contribution is 2.30. The first-order chi connectivity index (χ1) is 13.2. The molecule has 0 unspecified atom stereocenters. The maximum atomic E-state index is 5.69. The molecule has 0 saturated carbocycles. The molecule has 6 heteroatoms. The van der Waals surface area contributed by atoms with Gasteiger partial charge in [-0.1, -0.05) is 43.0 Å². The molecule has 0 aliphatic rings. The largest absolute Gasteiger partial charge is 0.493 e. The molecule has 0 amide bonds. The average molecular weight is 369 g/mol. The number of methoxy groups -OCH3 is 2. The molecule has 27 heavy (non-hydrogen) atoms. The number of benzene rings is 2. The number of guanidine groups is 1. The van der Waals surface area contributed by atoms with Gasteiger partial charge in [-0.25, -0.2) is 0 Å². The van der Waals surface area contributed by atoms with Crippen molar-refractivity contribution in [3.8, 4) is 17.2 Å². The molecule has 0 spiro atoms. The van der Waals surface area contributed by atoms with Crippen LogP contribution in [0.15, 0.2) is 60.1 Å². The Labute approximate surface area is 160 Å². The molecular formula is C21H27N3O3. The summed E-state index contributed by atoms with van der Waals surface area (Å²) in [4.78, 5) is 4.27. The predicted molar refractivity (Wildman–Crippen MR) is 109 cm³/mol. The van der Waals surface area contributed by atoms with Crippen molar-refractivity contribution >= 4 is 5.96 Å². The molecule has 0 radical (unpaired) electrons. The average Bonchev–Trinajstić information content (AvgIpc) is 2.72. The van der Waals surface area contributed by atoms with E-state index >= 15 is 0 Å². The van der Waals surface area contributed by atoms with E-state index in [-0.39, 0.29) is 0 Å². The van der Waals surface area contributed by atoms with Crippen molar-refractivity contribution in [2.75, 3.05) is 27.9 Å². The van der Waals surface area contributed by atoms with E-state index in [2.05, 4.69) is 22.2 Å². The Balaban J connectivity index is 1.99. The van der Waals surface area contributed by atoms with Gasteiger partial charge in [0.25, 0.3) is 0 Å². The van der Waals surface area contributed by atoms with Gasteiger partial charge in [0.05, 0.1) is 14.2 Å². The van der Waals surface area contributed by atoms with Crippen LogP contribution in [0.3, 0.4) is 0 Å². The van der Waals surface area contributed by atoms with Gasteiger partial charge in [-0.15, -0.1) is 0 Å². The van der Waals surface area contributed by atoms with Crippen molar-refractivity contribution in [3.63, 3.8) is 0 Å². The molecule has 6 nitrogen and oxygen atoms in total. The summed E-state index contributed by atoms with van der Waals surface area (Å²) in [5.41, 5.74) is 2.02. The SMILES string of the molecule is C=CCOc1ccccc1CNC(=NC)NCc1cccc(OC)c1OC. The van der Waals surface area contributed by atoms with E-state index in [4.69, 9.17) is 14.2 Å². The van der Waals surface area contributed by atoms with Crippen LogP contribution < -0.4 is 24.8 Å². The minimum absolute atomic E-state index is 0.472. The van der Waals surface area contributed by atoms with E-state index < -0.39 is 0 Å². The van der Waals surface area contributed by atoms with Crippen LogP contribution in [0.4, 0.5) is 0 Å². The number of rotatable bonds is 9. The normalized spacial score (nSPS) is 10.9. The van der Waals surface area contributed by atoms with Crippen LogP contribution in [-0.2, 0) is 13.1 Å². The molecule has 2 N–H and O–H groups in total. The van der Waals surface area contributed by atoms with E-state index in [9.17, 15) is 0 Å². The molecule has 0 aromatic heterocycles. The van der Waals surface area contributed by atoms with Crippen molar-refractivity contribution in [1.82, 2.24) is 10.6 Å². The van der Waals surface area contributed by atoms with Crippen molar-refractivity contribution in [2.45, 2.75) is 13.1 Å². The second-order valence-corrected chi connectivity index (χ2v) is 5.64. The molecule has 0 fully saturated rings. The van der Waals surface area contributed by atoms with Crippen LogP contribution in [0.2, 0.25) is 0 Å². The lowest BCUT2D eigenvalue weighted by Gasteiger charge is -2.16.